The zero-order valence-electron chi connectivity index (χ0n) is 7.98. The predicted octanol–water partition coefficient (Wildman–Crippen LogP) is 4.98. The van der Waals surface area contributed by atoms with Gasteiger partial charge in [-0.15, -0.1) is 0 Å². The number of fused-ring (bicyclic) bond motifs is 1. The van der Waals surface area contributed by atoms with Gasteiger partial charge in [0.2, 0.25) is 0 Å². The van der Waals surface area contributed by atoms with Crippen LogP contribution in [-0.2, 0) is 0 Å². The van der Waals surface area contributed by atoms with Gasteiger partial charge in [0, 0.05) is 9.13 Å². The molecule has 0 saturated heterocycles. The second kappa shape index (κ2) is 4.45. The third-order valence-corrected chi connectivity index (χ3v) is 3.21. The lowest BCUT2D eigenvalue weighted by atomic mass is 10.0. The van der Waals surface area contributed by atoms with E-state index in [1.807, 2.05) is 6.07 Å². The number of hydrogen-bond donors (Lipinski definition) is 0. The first-order valence-electron chi connectivity index (χ1n) is 4.49. The first-order chi connectivity index (χ1) is 7.61. The number of benzene rings is 2. The van der Waals surface area contributed by atoms with Gasteiger partial charge in [0.05, 0.1) is 0 Å². The lowest BCUT2D eigenvalue weighted by molar-refractivity contribution is 0.410. The maximum absolute atomic E-state index is 13.2. The standard InChI is InChI=1S/C12H6F3I/c13-11(12(14)15)9-5-1-4-8-7(9)3-2-6-10(8)16/h1-6H. The van der Waals surface area contributed by atoms with E-state index in [2.05, 4.69) is 22.6 Å². The number of hydrogen-bond acceptors (Lipinski definition) is 0. The van der Waals surface area contributed by atoms with Crippen LogP contribution in [0.4, 0.5) is 13.2 Å². The number of rotatable bonds is 1. The van der Waals surface area contributed by atoms with Crippen molar-refractivity contribution in [1.82, 2.24) is 0 Å². The molecule has 0 spiro atoms. The van der Waals surface area contributed by atoms with E-state index in [-0.39, 0.29) is 5.56 Å². The largest absolute Gasteiger partial charge is 0.306 e. The average Bonchev–Trinajstić information content (AvgIpc) is 2.28. The molecule has 0 radical (unpaired) electrons. The second-order valence-corrected chi connectivity index (χ2v) is 4.38. The molecule has 0 amide bonds. The highest BCUT2D eigenvalue weighted by molar-refractivity contribution is 14.1. The molecular weight excluding hydrogens is 328 g/mol. The van der Waals surface area contributed by atoms with Crippen molar-refractivity contribution in [1.29, 1.82) is 0 Å². The molecular formula is C12H6F3I. The van der Waals surface area contributed by atoms with E-state index < -0.39 is 11.9 Å². The highest BCUT2D eigenvalue weighted by Crippen LogP contribution is 2.31. The minimum atomic E-state index is -2.29. The molecule has 0 fully saturated rings. The van der Waals surface area contributed by atoms with Gasteiger partial charge in [0.1, 0.15) is 0 Å². The van der Waals surface area contributed by atoms with Crippen molar-refractivity contribution in [2.24, 2.45) is 0 Å². The summed E-state index contributed by atoms with van der Waals surface area (Å²) in [6.07, 6.45) is -2.29. The highest BCUT2D eigenvalue weighted by atomic mass is 127. The fourth-order valence-electron chi connectivity index (χ4n) is 1.56. The number of halogens is 4. The Morgan fingerprint density at radius 2 is 1.50 bits per heavy atom. The van der Waals surface area contributed by atoms with Crippen LogP contribution in [-0.4, -0.2) is 0 Å². The van der Waals surface area contributed by atoms with Crippen LogP contribution in [0.5, 0.6) is 0 Å². The van der Waals surface area contributed by atoms with Crippen LogP contribution in [0.25, 0.3) is 16.6 Å². The highest BCUT2D eigenvalue weighted by Gasteiger charge is 2.12. The van der Waals surface area contributed by atoms with Gasteiger partial charge in [-0.05, 0) is 39.4 Å². The Kier molecular flexibility index (Phi) is 3.18. The molecule has 0 aromatic heterocycles. The molecule has 0 aliphatic rings. The summed E-state index contributed by atoms with van der Waals surface area (Å²) in [6, 6.07) is 9.91. The van der Waals surface area contributed by atoms with Crippen LogP contribution >= 0.6 is 22.6 Å². The van der Waals surface area contributed by atoms with Crippen molar-refractivity contribution in [3.05, 3.63) is 51.6 Å². The van der Waals surface area contributed by atoms with Gasteiger partial charge in [-0.2, -0.15) is 8.78 Å². The molecule has 0 atom stereocenters. The summed E-state index contributed by atoms with van der Waals surface area (Å²) in [7, 11) is 0. The molecule has 0 nitrogen and oxygen atoms in total. The monoisotopic (exact) mass is 334 g/mol. The van der Waals surface area contributed by atoms with Crippen LogP contribution in [0, 0.1) is 3.57 Å². The molecule has 82 valence electrons. The Hall–Kier alpha value is -1.04. The van der Waals surface area contributed by atoms with Crippen LogP contribution < -0.4 is 0 Å². The molecule has 0 heterocycles. The SMILES string of the molecule is FC(F)=C(F)c1cccc2c(I)cccc12. The lowest BCUT2D eigenvalue weighted by Gasteiger charge is -2.05. The van der Waals surface area contributed by atoms with Crippen molar-refractivity contribution in [2.75, 3.05) is 0 Å². The maximum Gasteiger partial charge on any atom is 0.306 e. The second-order valence-electron chi connectivity index (χ2n) is 3.21. The van der Waals surface area contributed by atoms with Crippen LogP contribution in [0.2, 0.25) is 0 Å². The molecule has 0 N–H and O–H groups in total. The normalized spacial score (nSPS) is 10.5. The maximum atomic E-state index is 13.2. The van der Waals surface area contributed by atoms with Gasteiger partial charge in [-0.25, -0.2) is 4.39 Å². The summed E-state index contributed by atoms with van der Waals surface area (Å²) in [5.41, 5.74) is -0.0592. The van der Waals surface area contributed by atoms with E-state index in [0.717, 1.165) is 8.96 Å². The van der Waals surface area contributed by atoms with Gasteiger partial charge in [-0.1, -0.05) is 30.3 Å². The smallest absolute Gasteiger partial charge is 0.200 e. The van der Waals surface area contributed by atoms with E-state index in [4.69, 9.17) is 0 Å². The van der Waals surface area contributed by atoms with Crippen molar-refractivity contribution >= 4 is 39.2 Å². The van der Waals surface area contributed by atoms with Gasteiger partial charge in [-0.3, -0.25) is 0 Å². The van der Waals surface area contributed by atoms with Crippen LogP contribution in [0.3, 0.4) is 0 Å². The van der Waals surface area contributed by atoms with Gasteiger partial charge in [0.15, 0.2) is 5.83 Å². The zero-order valence-corrected chi connectivity index (χ0v) is 10.1. The zero-order chi connectivity index (χ0) is 11.7. The topological polar surface area (TPSA) is 0 Å². The molecule has 4 heteroatoms. The summed E-state index contributed by atoms with van der Waals surface area (Å²) in [6.45, 7) is 0. The van der Waals surface area contributed by atoms with Crippen molar-refractivity contribution < 1.29 is 13.2 Å². The Morgan fingerprint density at radius 3 is 2.19 bits per heavy atom. The third kappa shape index (κ3) is 1.93. The summed E-state index contributed by atoms with van der Waals surface area (Å²) < 4.78 is 38.6. The van der Waals surface area contributed by atoms with Crippen molar-refractivity contribution in [3.63, 3.8) is 0 Å². The van der Waals surface area contributed by atoms with Crippen molar-refractivity contribution in [3.8, 4) is 0 Å². The summed E-state index contributed by atoms with van der Waals surface area (Å²) in [5.74, 6) is -1.45. The Labute approximate surface area is 104 Å². The van der Waals surface area contributed by atoms with Gasteiger partial charge >= 0.3 is 6.08 Å². The first-order valence-corrected chi connectivity index (χ1v) is 5.57. The fourth-order valence-corrected chi connectivity index (χ4v) is 2.24. The molecule has 0 saturated carbocycles. The van der Waals surface area contributed by atoms with Gasteiger partial charge < -0.3 is 0 Å². The molecule has 16 heavy (non-hydrogen) atoms. The van der Waals surface area contributed by atoms with E-state index in [1.165, 1.54) is 6.07 Å². The van der Waals surface area contributed by atoms with E-state index in [9.17, 15) is 13.2 Å². The van der Waals surface area contributed by atoms with Crippen LogP contribution in [0.15, 0.2) is 42.5 Å². The Morgan fingerprint density at radius 1 is 0.875 bits per heavy atom. The van der Waals surface area contributed by atoms with Gasteiger partial charge in [0.25, 0.3) is 0 Å². The minimum absolute atomic E-state index is 0.0592. The van der Waals surface area contributed by atoms with E-state index in [1.54, 1.807) is 24.3 Å². The summed E-state index contributed by atoms with van der Waals surface area (Å²) in [4.78, 5) is 0. The third-order valence-electron chi connectivity index (χ3n) is 2.27. The van der Waals surface area contributed by atoms with Crippen LogP contribution in [0.1, 0.15) is 5.56 Å². The molecule has 0 aliphatic heterocycles. The molecule has 0 bridgehead atoms. The van der Waals surface area contributed by atoms with E-state index >= 15 is 0 Å². The molecule has 2 rings (SSSR count). The molecule has 2 aromatic carbocycles. The van der Waals surface area contributed by atoms with E-state index in [0.29, 0.717) is 5.39 Å². The summed E-state index contributed by atoms with van der Waals surface area (Å²) in [5, 5.41) is 1.27. The Bertz CT molecular complexity index is 571. The average molecular weight is 334 g/mol. The summed E-state index contributed by atoms with van der Waals surface area (Å²) >= 11 is 2.09. The Balaban J connectivity index is 2.83. The first kappa shape index (κ1) is 11.4. The predicted molar refractivity (Wildman–Crippen MR) is 66.9 cm³/mol. The molecule has 2 aromatic rings. The van der Waals surface area contributed by atoms with Crippen molar-refractivity contribution in [2.45, 2.75) is 0 Å². The minimum Gasteiger partial charge on any atom is -0.200 e. The quantitative estimate of drug-likeness (QED) is 0.646. The molecule has 0 unspecified atom stereocenters. The lowest BCUT2D eigenvalue weighted by Crippen LogP contribution is -1.85. The molecule has 0 aliphatic carbocycles. The fraction of sp³-hybridized carbons (Fsp3) is 0.